The molecule has 158 valence electrons. The number of hydrogen-bond acceptors (Lipinski definition) is 7. The zero-order chi connectivity index (χ0) is 21.4. The molecule has 3 aromatic rings. The van der Waals surface area contributed by atoms with Crippen LogP contribution in [-0.2, 0) is 11.3 Å². The second kappa shape index (κ2) is 7.73. The maximum absolute atomic E-state index is 11.9. The van der Waals surface area contributed by atoms with Gasteiger partial charge in [0.05, 0.1) is 6.20 Å². The zero-order valence-electron chi connectivity index (χ0n) is 16.7. The standard InChI is InChI=1S/C21H22N8O2/c22-9-13-2-1-3-15(6-13)25-17-8-18(23-10-12-4-5-12)29-19(27-17)14(11-24-29)7-16-20(30)28-21(31)26-16/h1-3,6-8,11-12,23H,4-5,9-10,22H2,(H,25,27)(H2,26,28,30,31)/b16-7-. The predicted molar refractivity (Wildman–Crippen MR) is 116 cm³/mol. The van der Waals surface area contributed by atoms with Crippen LogP contribution in [0, 0.1) is 5.92 Å². The van der Waals surface area contributed by atoms with Gasteiger partial charge < -0.3 is 21.7 Å². The van der Waals surface area contributed by atoms with E-state index in [1.807, 2.05) is 30.3 Å². The van der Waals surface area contributed by atoms with Crippen LogP contribution in [0.15, 0.2) is 42.2 Å². The van der Waals surface area contributed by atoms with Gasteiger partial charge in [0.15, 0.2) is 5.65 Å². The fourth-order valence-corrected chi connectivity index (χ4v) is 3.40. The van der Waals surface area contributed by atoms with E-state index in [-0.39, 0.29) is 5.70 Å². The van der Waals surface area contributed by atoms with E-state index < -0.39 is 11.9 Å². The highest BCUT2D eigenvalue weighted by molar-refractivity contribution is 6.14. The number of anilines is 3. The molecule has 3 heterocycles. The van der Waals surface area contributed by atoms with Gasteiger partial charge >= 0.3 is 6.03 Å². The zero-order valence-corrected chi connectivity index (χ0v) is 16.7. The number of imide groups is 1. The molecular weight excluding hydrogens is 396 g/mol. The predicted octanol–water partition coefficient (Wildman–Crippen LogP) is 1.93. The summed E-state index contributed by atoms with van der Waals surface area (Å²) in [7, 11) is 0. The third-order valence-electron chi connectivity index (χ3n) is 5.22. The molecule has 1 saturated carbocycles. The summed E-state index contributed by atoms with van der Waals surface area (Å²) in [5.41, 5.74) is 8.96. The molecule has 0 bridgehead atoms. The molecule has 6 N–H and O–H groups in total. The van der Waals surface area contributed by atoms with Gasteiger partial charge in [0, 0.05) is 30.4 Å². The lowest BCUT2D eigenvalue weighted by Crippen LogP contribution is -2.22. The summed E-state index contributed by atoms with van der Waals surface area (Å²) in [4.78, 5) is 28.1. The monoisotopic (exact) mass is 418 g/mol. The highest BCUT2D eigenvalue weighted by atomic mass is 16.2. The first-order chi connectivity index (χ1) is 15.1. The van der Waals surface area contributed by atoms with Gasteiger partial charge in [-0.2, -0.15) is 9.61 Å². The van der Waals surface area contributed by atoms with E-state index in [4.69, 9.17) is 10.7 Å². The smallest absolute Gasteiger partial charge is 0.326 e. The molecule has 31 heavy (non-hydrogen) atoms. The number of benzene rings is 1. The van der Waals surface area contributed by atoms with Gasteiger partial charge in [0.2, 0.25) is 0 Å². The van der Waals surface area contributed by atoms with Crippen LogP contribution in [0.4, 0.5) is 22.1 Å². The number of nitrogens with one attached hydrogen (secondary N) is 4. The largest absolute Gasteiger partial charge is 0.370 e. The Balaban J connectivity index is 1.54. The van der Waals surface area contributed by atoms with Crippen molar-refractivity contribution in [2.45, 2.75) is 19.4 Å². The molecule has 0 spiro atoms. The average Bonchev–Trinajstić information content (AvgIpc) is 3.43. The lowest BCUT2D eigenvalue weighted by atomic mass is 10.2. The molecule has 10 nitrogen and oxygen atoms in total. The Morgan fingerprint density at radius 2 is 2.10 bits per heavy atom. The number of carbonyl (C=O) groups excluding carboxylic acids is 2. The fraction of sp³-hybridized carbons (Fsp3) is 0.238. The van der Waals surface area contributed by atoms with Crippen molar-refractivity contribution in [3.05, 3.63) is 53.4 Å². The molecule has 5 rings (SSSR count). The average molecular weight is 418 g/mol. The van der Waals surface area contributed by atoms with E-state index in [9.17, 15) is 9.59 Å². The molecule has 2 fully saturated rings. The van der Waals surface area contributed by atoms with Crippen LogP contribution in [0.2, 0.25) is 0 Å². The van der Waals surface area contributed by atoms with Crippen LogP contribution in [-0.4, -0.2) is 33.1 Å². The molecule has 10 heteroatoms. The summed E-state index contributed by atoms with van der Waals surface area (Å²) < 4.78 is 1.70. The van der Waals surface area contributed by atoms with Crippen LogP contribution < -0.4 is 27.0 Å². The lowest BCUT2D eigenvalue weighted by Gasteiger charge is -2.12. The van der Waals surface area contributed by atoms with Crippen molar-refractivity contribution in [1.29, 1.82) is 0 Å². The number of fused-ring (bicyclic) bond motifs is 1. The fourth-order valence-electron chi connectivity index (χ4n) is 3.40. The number of nitrogens with two attached hydrogens (primary N) is 1. The first-order valence-electron chi connectivity index (χ1n) is 10.1. The summed E-state index contributed by atoms with van der Waals surface area (Å²) in [6.45, 7) is 1.31. The van der Waals surface area contributed by atoms with Crippen LogP contribution >= 0.6 is 0 Å². The van der Waals surface area contributed by atoms with Crippen molar-refractivity contribution in [1.82, 2.24) is 25.2 Å². The van der Waals surface area contributed by atoms with Crippen LogP contribution in [0.1, 0.15) is 24.0 Å². The van der Waals surface area contributed by atoms with Crippen LogP contribution in [0.25, 0.3) is 11.7 Å². The third kappa shape index (κ3) is 4.05. The Bertz CT molecular complexity index is 1210. The van der Waals surface area contributed by atoms with E-state index in [0.717, 1.165) is 23.6 Å². The van der Waals surface area contributed by atoms with Gasteiger partial charge in [0.25, 0.3) is 5.91 Å². The van der Waals surface area contributed by atoms with E-state index in [0.29, 0.717) is 29.5 Å². The lowest BCUT2D eigenvalue weighted by molar-refractivity contribution is -0.115. The van der Waals surface area contributed by atoms with Crippen molar-refractivity contribution in [2.75, 3.05) is 17.2 Å². The van der Waals surface area contributed by atoms with Crippen molar-refractivity contribution < 1.29 is 9.59 Å². The minimum Gasteiger partial charge on any atom is -0.370 e. The SMILES string of the molecule is NCc1cccc(Nc2cc(NCC3CC3)n3ncc(/C=C4\NC(=O)NC4=O)c3n2)c1. The second-order valence-corrected chi connectivity index (χ2v) is 7.68. The minimum absolute atomic E-state index is 0.156. The number of amides is 3. The summed E-state index contributed by atoms with van der Waals surface area (Å²) in [5.74, 6) is 1.61. The number of hydrogen-bond donors (Lipinski definition) is 5. The number of rotatable bonds is 7. The maximum Gasteiger partial charge on any atom is 0.326 e. The summed E-state index contributed by atoms with van der Waals surface area (Å²) in [6, 6.07) is 9.17. The number of urea groups is 1. The highest BCUT2D eigenvalue weighted by Crippen LogP contribution is 2.30. The second-order valence-electron chi connectivity index (χ2n) is 7.68. The van der Waals surface area contributed by atoms with Crippen molar-refractivity contribution in [2.24, 2.45) is 11.7 Å². The highest BCUT2D eigenvalue weighted by Gasteiger charge is 2.24. The van der Waals surface area contributed by atoms with E-state index >= 15 is 0 Å². The summed E-state index contributed by atoms with van der Waals surface area (Å²) >= 11 is 0. The van der Waals surface area contributed by atoms with Crippen molar-refractivity contribution in [3.8, 4) is 0 Å². The maximum atomic E-state index is 11.9. The topological polar surface area (TPSA) is 138 Å². The van der Waals surface area contributed by atoms with Gasteiger partial charge in [0.1, 0.15) is 17.3 Å². The molecule has 2 aliphatic rings. The van der Waals surface area contributed by atoms with E-state index in [1.165, 1.54) is 12.8 Å². The Morgan fingerprint density at radius 1 is 1.23 bits per heavy atom. The normalized spacial score (nSPS) is 17.1. The Kier molecular flexibility index (Phi) is 4.75. The Morgan fingerprint density at radius 3 is 2.84 bits per heavy atom. The first-order valence-corrected chi connectivity index (χ1v) is 10.1. The molecule has 3 amide bonds. The molecule has 1 saturated heterocycles. The first kappa shape index (κ1) is 19.1. The third-order valence-corrected chi connectivity index (χ3v) is 5.22. The van der Waals surface area contributed by atoms with Gasteiger partial charge in [-0.3, -0.25) is 10.1 Å². The van der Waals surface area contributed by atoms with Gasteiger partial charge in [-0.1, -0.05) is 12.1 Å². The number of aromatic nitrogens is 3. The molecule has 1 aliphatic heterocycles. The molecule has 1 aromatic carbocycles. The van der Waals surface area contributed by atoms with Gasteiger partial charge in [-0.25, -0.2) is 9.78 Å². The number of carbonyl (C=O) groups is 2. The molecular formula is C21H22N8O2. The Hall–Kier alpha value is -3.92. The van der Waals surface area contributed by atoms with Crippen molar-refractivity contribution >= 4 is 41.0 Å². The van der Waals surface area contributed by atoms with E-state index in [1.54, 1.807) is 16.8 Å². The molecule has 0 atom stereocenters. The van der Waals surface area contributed by atoms with Gasteiger partial charge in [-0.05, 0) is 42.5 Å². The number of nitrogens with zero attached hydrogens (tertiary/aromatic N) is 3. The minimum atomic E-state index is -0.547. The summed E-state index contributed by atoms with van der Waals surface area (Å²) in [6.07, 6.45) is 5.64. The van der Waals surface area contributed by atoms with Gasteiger partial charge in [-0.15, -0.1) is 0 Å². The Labute approximate surface area is 177 Å². The quantitative estimate of drug-likeness (QED) is 0.292. The molecule has 0 unspecified atom stereocenters. The van der Waals surface area contributed by atoms with Crippen molar-refractivity contribution in [3.63, 3.8) is 0 Å². The molecule has 1 aliphatic carbocycles. The molecule has 2 aromatic heterocycles. The summed E-state index contributed by atoms with van der Waals surface area (Å²) in [5, 5.41) is 15.9. The van der Waals surface area contributed by atoms with Crippen LogP contribution in [0.5, 0.6) is 0 Å². The van der Waals surface area contributed by atoms with Crippen LogP contribution in [0.3, 0.4) is 0 Å². The molecule has 0 radical (unpaired) electrons. The van der Waals surface area contributed by atoms with E-state index in [2.05, 4.69) is 26.4 Å².